The summed E-state index contributed by atoms with van der Waals surface area (Å²) >= 11 is 0. The molecule has 3 heterocycles. The first kappa shape index (κ1) is 15.0. The number of nitrogens with one attached hydrogen (secondary N) is 1. The number of rotatable bonds is 3. The van der Waals surface area contributed by atoms with Crippen molar-refractivity contribution < 1.29 is 9.15 Å². The van der Waals surface area contributed by atoms with Gasteiger partial charge in [-0.1, -0.05) is 12.1 Å². The summed E-state index contributed by atoms with van der Waals surface area (Å²) < 4.78 is 11.4. The second-order valence-corrected chi connectivity index (χ2v) is 6.18. The minimum Gasteiger partial charge on any atom is -0.423 e. The SMILES string of the molecule is C[C@H]1CN(c2ccc(Nc3nc4ccccc4o3)cn2)C[C@H](C)O1. The zero-order chi connectivity index (χ0) is 16.5. The van der Waals surface area contributed by atoms with Crippen LogP contribution in [-0.2, 0) is 4.74 Å². The van der Waals surface area contributed by atoms with Crippen molar-refractivity contribution in [2.75, 3.05) is 23.3 Å². The fourth-order valence-electron chi connectivity index (χ4n) is 3.06. The molecule has 3 aromatic rings. The van der Waals surface area contributed by atoms with Crippen LogP contribution in [0.15, 0.2) is 47.0 Å². The number of pyridine rings is 1. The standard InChI is InChI=1S/C18H20N4O2/c1-12-10-22(11-13(2)23-12)17-8-7-14(9-19-17)20-18-21-15-5-3-4-6-16(15)24-18/h3-9,12-13H,10-11H2,1-2H3,(H,20,21)/t12-,13-/m0/s1. The first-order valence-electron chi connectivity index (χ1n) is 8.16. The van der Waals surface area contributed by atoms with Crippen LogP contribution in [0.3, 0.4) is 0 Å². The van der Waals surface area contributed by atoms with Gasteiger partial charge in [-0.05, 0) is 38.1 Å². The molecule has 0 radical (unpaired) electrons. The Morgan fingerprint density at radius 3 is 2.58 bits per heavy atom. The molecule has 24 heavy (non-hydrogen) atoms. The van der Waals surface area contributed by atoms with Gasteiger partial charge in [0.05, 0.1) is 24.1 Å². The molecule has 1 aromatic carbocycles. The Balaban J connectivity index is 1.49. The van der Waals surface area contributed by atoms with Gasteiger partial charge in [-0.3, -0.25) is 0 Å². The van der Waals surface area contributed by atoms with Crippen LogP contribution in [0.4, 0.5) is 17.5 Å². The largest absolute Gasteiger partial charge is 0.423 e. The number of fused-ring (bicyclic) bond motifs is 1. The van der Waals surface area contributed by atoms with Crippen molar-refractivity contribution in [3.05, 3.63) is 42.6 Å². The van der Waals surface area contributed by atoms with E-state index in [9.17, 15) is 0 Å². The van der Waals surface area contributed by atoms with E-state index in [4.69, 9.17) is 9.15 Å². The minimum absolute atomic E-state index is 0.216. The molecule has 0 unspecified atom stereocenters. The summed E-state index contributed by atoms with van der Waals surface area (Å²) in [6.07, 6.45) is 2.23. The third kappa shape index (κ3) is 3.05. The smallest absolute Gasteiger partial charge is 0.300 e. The first-order valence-corrected chi connectivity index (χ1v) is 8.16. The van der Waals surface area contributed by atoms with Crippen molar-refractivity contribution in [3.63, 3.8) is 0 Å². The van der Waals surface area contributed by atoms with Crippen molar-refractivity contribution in [1.29, 1.82) is 0 Å². The second kappa shape index (κ2) is 6.13. The van der Waals surface area contributed by atoms with Gasteiger partial charge in [0.2, 0.25) is 0 Å². The van der Waals surface area contributed by atoms with Gasteiger partial charge >= 0.3 is 0 Å². The Morgan fingerprint density at radius 2 is 1.88 bits per heavy atom. The number of nitrogens with zero attached hydrogens (tertiary/aromatic N) is 3. The van der Waals surface area contributed by atoms with E-state index in [0.29, 0.717) is 6.01 Å². The molecule has 4 rings (SSSR count). The summed E-state index contributed by atoms with van der Waals surface area (Å²) in [7, 11) is 0. The summed E-state index contributed by atoms with van der Waals surface area (Å²) in [5.74, 6) is 0.958. The van der Waals surface area contributed by atoms with Gasteiger partial charge in [0, 0.05) is 13.1 Å². The lowest BCUT2D eigenvalue weighted by molar-refractivity contribution is -0.00545. The van der Waals surface area contributed by atoms with Crippen molar-refractivity contribution in [3.8, 4) is 0 Å². The Bertz CT molecular complexity index is 787. The van der Waals surface area contributed by atoms with Gasteiger partial charge in [0.15, 0.2) is 5.58 Å². The summed E-state index contributed by atoms with van der Waals surface area (Å²) in [6.45, 7) is 5.89. The van der Waals surface area contributed by atoms with Crippen LogP contribution in [-0.4, -0.2) is 35.3 Å². The molecule has 1 aliphatic heterocycles. The van der Waals surface area contributed by atoms with Gasteiger partial charge in [-0.25, -0.2) is 4.98 Å². The number of oxazole rings is 1. The number of ether oxygens (including phenoxy) is 1. The number of para-hydroxylation sites is 2. The van der Waals surface area contributed by atoms with E-state index >= 15 is 0 Å². The number of anilines is 3. The van der Waals surface area contributed by atoms with Gasteiger partial charge in [0.25, 0.3) is 6.01 Å². The maximum Gasteiger partial charge on any atom is 0.300 e. The molecule has 1 N–H and O–H groups in total. The summed E-state index contributed by atoms with van der Waals surface area (Å²) in [5, 5.41) is 3.16. The molecule has 1 saturated heterocycles. The van der Waals surface area contributed by atoms with Crippen LogP contribution < -0.4 is 10.2 Å². The second-order valence-electron chi connectivity index (χ2n) is 6.18. The van der Waals surface area contributed by atoms with E-state index in [2.05, 4.69) is 34.0 Å². The Labute approximate surface area is 140 Å². The van der Waals surface area contributed by atoms with E-state index in [1.54, 1.807) is 6.20 Å². The summed E-state index contributed by atoms with van der Waals surface area (Å²) in [4.78, 5) is 11.2. The third-order valence-electron chi connectivity index (χ3n) is 4.04. The Hall–Kier alpha value is -2.60. The molecule has 2 aromatic heterocycles. The molecule has 0 aliphatic carbocycles. The lowest BCUT2D eigenvalue weighted by Crippen LogP contribution is -2.45. The van der Waals surface area contributed by atoms with E-state index in [-0.39, 0.29) is 12.2 Å². The van der Waals surface area contributed by atoms with Crippen LogP contribution in [0.25, 0.3) is 11.1 Å². The number of morpholine rings is 1. The quantitative estimate of drug-likeness (QED) is 0.794. The van der Waals surface area contributed by atoms with Crippen molar-refractivity contribution >= 4 is 28.6 Å². The van der Waals surface area contributed by atoms with Crippen LogP contribution >= 0.6 is 0 Å². The number of aromatic nitrogens is 2. The van der Waals surface area contributed by atoms with Crippen molar-refractivity contribution in [2.45, 2.75) is 26.1 Å². The molecule has 6 heteroatoms. The van der Waals surface area contributed by atoms with Crippen LogP contribution in [0.1, 0.15) is 13.8 Å². The molecule has 124 valence electrons. The van der Waals surface area contributed by atoms with Gasteiger partial charge in [-0.2, -0.15) is 4.98 Å². The lowest BCUT2D eigenvalue weighted by Gasteiger charge is -2.36. The molecule has 2 atom stereocenters. The summed E-state index contributed by atoms with van der Waals surface area (Å²) in [6, 6.07) is 12.2. The molecule has 0 amide bonds. The van der Waals surface area contributed by atoms with Crippen LogP contribution in [0, 0.1) is 0 Å². The molecule has 0 saturated carbocycles. The first-order chi connectivity index (χ1) is 11.7. The van der Waals surface area contributed by atoms with Gasteiger partial charge in [0.1, 0.15) is 11.3 Å². The zero-order valence-electron chi connectivity index (χ0n) is 13.8. The Morgan fingerprint density at radius 1 is 1.08 bits per heavy atom. The van der Waals surface area contributed by atoms with E-state index in [1.807, 2.05) is 36.4 Å². The monoisotopic (exact) mass is 324 g/mol. The topological polar surface area (TPSA) is 63.4 Å². The lowest BCUT2D eigenvalue weighted by atomic mass is 10.2. The fourth-order valence-corrected chi connectivity index (χ4v) is 3.06. The van der Waals surface area contributed by atoms with Crippen molar-refractivity contribution in [2.24, 2.45) is 0 Å². The highest BCUT2D eigenvalue weighted by atomic mass is 16.5. The molecular formula is C18H20N4O2. The molecule has 1 fully saturated rings. The predicted molar refractivity (Wildman–Crippen MR) is 93.8 cm³/mol. The third-order valence-corrected chi connectivity index (χ3v) is 4.04. The zero-order valence-corrected chi connectivity index (χ0v) is 13.8. The van der Waals surface area contributed by atoms with E-state index < -0.39 is 0 Å². The van der Waals surface area contributed by atoms with Crippen molar-refractivity contribution in [1.82, 2.24) is 9.97 Å². The average molecular weight is 324 g/mol. The predicted octanol–water partition coefficient (Wildman–Crippen LogP) is 3.58. The number of hydrogen-bond donors (Lipinski definition) is 1. The summed E-state index contributed by atoms with van der Waals surface area (Å²) in [5.41, 5.74) is 2.45. The number of benzene rings is 1. The highest BCUT2D eigenvalue weighted by Gasteiger charge is 2.23. The van der Waals surface area contributed by atoms with E-state index in [1.165, 1.54) is 0 Å². The highest BCUT2D eigenvalue weighted by molar-refractivity contribution is 5.75. The molecule has 1 aliphatic rings. The van der Waals surface area contributed by atoms with Gasteiger partial charge in [-0.15, -0.1) is 0 Å². The van der Waals surface area contributed by atoms with E-state index in [0.717, 1.165) is 35.7 Å². The Kier molecular flexibility index (Phi) is 3.82. The molecule has 0 spiro atoms. The average Bonchev–Trinajstić information content (AvgIpc) is 2.97. The highest BCUT2D eigenvalue weighted by Crippen LogP contribution is 2.23. The molecular weight excluding hydrogens is 304 g/mol. The number of hydrogen-bond acceptors (Lipinski definition) is 6. The van der Waals surface area contributed by atoms with Gasteiger partial charge < -0.3 is 19.4 Å². The maximum atomic E-state index is 5.77. The van der Waals surface area contributed by atoms with Crippen LogP contribution in [0.5, 0.6) is 0 Å². The fraction of sp³-hybridized carbons (Fsp3) is 0.333. The normalized spacial score (nSPS) is 21.2. The molecule has 0 bridgehead atoms. The maximum absolute atomic E-state index is 5.77. The molecule has 6 nitrogen and oxygen atoms in total. The minimum atomic E-state index is 0.216. The van der Waals surface area contributed by atoms with Crippen LogP contribution in [0.2, 0.25) is 0 Å².